The van der Waals surface area contributed by atoms with Gasteiger partial charge in [-0.1, -0.05) is 6.92 Å². The lowest BCUT2D eigenvalue weighted by Gasteiger charge is -2.09. The van der Waals surface area contributed by atoms with E-state index in [1.165, 1.54) is 0 Å². The Labute approximate surface area is 105 Å². The number of aromatic nitrogens is 2. The highest BCUT2D eigenvalue weighted by Crippen LogP contribution is 2.14. The molecule has 4 nitrogen and oxygen atoms in total. The van der Waals surface area contributed by atoms with Gasteiger partial charge in [0, 0.05) is 24.6 Å². The monoisotopic (exact) mass is 246 g/mol. The van der Waals surface area contributed by atoms with E-state index >= 15 is 0 Å². The molecule has 0 unspecified atom stereocenters. The number of nitrogens with one attached hydrogen (secondary N) is 2. The molecule has 0 amide bonds. The highest BCUT2D eigenvalue weighted by atomic mass is 32.1. The fourth-order valence-electron chi connectivity index (χ4n) is 1.45. The molecule has 88 valence electrons. The van der Waals surface area contributed by atoms with E-state index < -0.39 is 0 Å². The van der Waals surface area contributed by atoms with E-state index in [4.69, 9.17) is 12.2 Å². The molecule has 0 spiro atoms. The van der Waals surface area contributed by atoms with Crippen molar-refractivity contribution in [2.45, 2.75) is 13.3 Å². The van der Waals surface area contributed by atoms with Crippen molar-refractivity contribution in [1.29, 1.82) is 0 Å². The maximum absolute atomic E-state index is 5.17. The van der Waals surface area contributed by atoms with E-state index in [9.17, 15) is 0 Å². The minimum absolute atomic E-state index is 0.634. The number of fused-ring (bicyclic) bond motifs is 1. The Bertz CT molecular complexity index is 527. The molecule has 0 radical (unpaired) electrons. The quantitative estimate of drug-likeness (QED) is 0.814. The number of thiocarbonyl (C=S) groups is 1. The van der Waals surface area contributed by atoms with Gasteiger partial charge in [-0.2, -0.15) is 0 Å². The number of hydrogen-bond acceptors (Lipinski definition) is 3. The zero-order valence-corrected chi connectivity index (χ0v) is 10.4. The average molecular weight is 246 g/mol. The fraction of sp³-hybridized carbons (Fsp3) is 0.250. The predicted molar refractivity (Wildman–Crippen MR) is 74.1 cm³/mol. The second kappa shape index (κ2) is 5.54. The van der Waals surface area contributed by atoms with Crippen LogP contribution in [0, 0.1) is 0 Å². The maximum Gasteiger partial charge on any atom is 0.170 e. The standard InChI is InChI=1S/C12H14N4S/c1-2-5-15-12(17)16-9-3-4-10-11(8-9)14-7-6-13-10/h3-4,6-8H,2,5H2,1H3,(H2,15,16,17). The third-order valence-corrected chi connectivity index (χ3v) is 2.51. The average Bonchev–Trinajstić information content (AvgIpc) is 2.36. The molecule has 5 heteroatoms. The van der Waals surface area contributed by atoms with E-state index in [0.717, 1.165) is 29.7 Å². The highest BCUT2D eigenvalue weighted by molar-refractivity contribution is 7.80. The lowest BCUT2D eigenvalue weighted by molar-refractivity contribution is 0.846. The molecule has 0 atom stereocenters. The van der Waals surface area contributed by atoms with Crippen molar-refractivity contribution in [3.8, 4) is 0 Å². The summed E-state index contributed by atoms with van der Waals surface area (Å²) >= 11 is 5.17. The van der Waals surface area contributed by atoms with Crippen molar-refractivity contribution in [1.82, 2.24) is 15.3 Å². The molecule has 0 saturated carbocycles. The molecule has 0 fully saturated rings. The second-order valence-corrected chi connectivity index (χ2v) is 4.05. The smallest absolute Gasteiger partial charge is 0.170 e. The van der Waals surface area contributed by atoms with Gasteiger partial charge in [-0.3, -0.25) is 9.97 Å². The fourth-order valence-corrected chi connectivity index (χ4v) is 1.67. The van der Waals surface area contributed by atoms with Gasteiger partial charge in [0.1, 0.15) is 0 Å². The number of rotatable bonds is 3. The Morgan fingerprint density at radius 3 is 2.76 bits per heavy atom. The molecule has 0 aliphatic heterocycles. The molecular weight excluding hydrogens is 232 g/mol. The molecule has 2 aromatic rings. The Kier molecular flexibility index (Phi) is 3.82. The van der Waals surface area contributed by atoms with Gasteiger partial charge in [0.15, 0.2) is 5.11 Å². The van der Waals surface area contributed by atoms with Crippen molar-refractivity contribution in [3.63, 3.8) is 0 Å². The van der Waals surface area contributed by atoms with Crippen LogP contribution < -0.4 is 10.6 Å². The van der Waals surface area contributed by atoms with E-state index in [-0.39, 0.29) is 0 Å². The van der Waals surface area contributed by atoms with Crippen LogP contribution >= 0.6 is 12.2 Å². The van der Waals surface area contributed by atoms with E-state index in [1.807, 2.05) is 18.2 Å². The van der Waals surface area contributed by atoms with Gasteiger partial charge in [0.25, 0.3) is 0 Å². The summed E-state index contributed by atoms with van der Waals surface area (Å²) < 4.78 is 0. The summed E-state index contributed by atoms with van der Waals surface area (Å²) in [5.74, 6) is 0. The van der Waals surface area contributed by atoms with Crippen molar-refractivity contribution < 1.29 is 0 Å². The first kappa shape index (κ1) is 11.7. The Morgan fingerprint density at radius 2 is 2.00 bits per heavy atom. The molecule has 0 aliphatic carbocycles. The van der Waals surface area contributed by atoms with Crippen LogP contribution in [0.15, 0.2) is 30.6 Å². The Balaban J connectivity index is 2.11. The van der Waals surface area contributed by atoms with Gasteiger partial charge in [0.05, 0.1) is 11.0 Å². The third-order valence-electron chi connectivity index (χ3n) is 2.26. The van der Waals surface area contributed by atoms with Crippen LogP contribution in [0.5, 0.6) is 0 Å². The van der Waals surface area contributed by atoms with Gasteiger partial charge in [0.2, 0.25) is 0 Å². The van der Waals surface area contributed by atoms with Crippen molar-refractivity contribution in [2.75, 3.05) is 11.9 Å². The maximum atomic E-state index is 5.17. The van der Waals surface area contributed by atoms with Gasteiger partial charge in [-0.25, -0.2) is 0 Å². The zero-order chi connectivity index (χ0) is 12.1. The Morgan fingerprint density at radius 1 is 1.24 bits per heavy atom. The van der Waals surface area contributed by atoms with Crippen LogP contribution in [-0.4, -0.2) is 21.6 Å². The molecule has 2 rings (SSSR count). The minimum atomic E-state index is 0.634. The van der Waals surface area contributed by atoms with Gasteiger partial charge in [-0.15, -0.1) is 0 Å². The van der Waals surface area contributed by atoms with Crippen LogP contribution in [0.4, 0.5) is 5.69 Å². The van der Waals surface area contributed by atoms with Crippen molar-refractivity contribution in [2.24, 2.45) is 0 Å². The third kappa shape index (κ3) is 3.10. The van der Waals surface area contributed by atoms with E-state index in [2.05, 4.69) is 27.5 Å². The first-order chi connectivity index (χ1) is 8.29. The molecule has 2 N–H and O–H groups in total. The number of benzene rings is 1. The molecule has 0 bridgehead atoms. The lowest BCUT2D eigenvalue weighted by atomic mass is 10.2. The summed E-state index contributed by atoms with van der Waals surface area (Å²) in [5, 5.41) is 6.87. The number of hydrogen-bond donors (Lipinski definition) is 2. The van der Waals surface area contributed by atoms with E-state index in [0.29, 0.717) is 5.11 Å². The van der Waals surface area contributed by atoms with E-state index in [1.54, 1.807) is 12.4 Å². The van der Waals surface area contributed by atoms with Crippen molar-refractivity contribution >= 4 is 34.1 Å². The van der Waals surface area contributed by atoms with Crippen molar-refractivity contribution in [3.05, 3.63) is 30.6 Å². The summed E-state index contributed by atoms with van der Waals surface area (Å²) in [5.41, 5.74) is 2.66. The first-order valence-electron chi connectivity index (χ1n) is 5.55. The molecule has 0 saturated heterocycles. The molecule has 0 aliphatic rings. The topological polar surface area (TPSA) is 49.8 Å². The summed E-state index contributed by atoms with van der Waals surface area (Å²) in [4.78, 5) is 8.46. The van der Waals surface area contributed by atoms with Gasteiger partial charge in [-0.05, 0) is 36.8 Å². The minimum Gasteiger partial charge on any atom is -0.362 e. The normalized spacial score (nSPS) is 10.2. The summed E-state index contributed by atoms with van der Waals surface area (Å²) in [6.07, 6.45) is 4.41. The highest BCUT2D eigenvalue weighted by Gasteiger charge is 1.99. The summed E-state index contributed by atoms with van der Waals surface area (Å²) in [7, 11) is 0. The predicted octanol–water partition coefficient (Wildman–Crippen LogP) is 2.33. The summed E-state index contributed by atoms with van der Waals surface area (Å²) in [6.45, 7) is 2.97. The SMILES string of the molecule is CCCNC(=S)Nc1ccc2nccnc2c1. The van der Waals surface area contributed by atoms with Crippen LogP contribution in [0.2, 0.25) is 0 Å². The zero-order valence-electron chi connectivity index (χ0n) is 9.60. The first-order valence-corrected chi connectivity index (χ1v) is 5.96. The number of nitrogens with zero attached hydrogens (tertiary/aromatic N) is 2. The molecular formula is C12H14N4S. The molecule has 17 heavy (non-hydrogen) atoms. The molecule has 1 aromatic heterocycles. The number of anilines is 1. The summed E-state index contributed by atoms with van der Waals surface area (Å²) in [6, 6.07) is 5.80. The Hall–Kier alpha value is -1.75. The van der Waals surface area contributed by atoms with Crippen LogP contribution in [0.3, 0.4) is 0 Å². The lowest BCUT2D eigenvalue weighted by Crippen LogP contribution is -2.28. The second-order valence-electron chi connectivity index (χ2n) is 3.64. The largest absolute Gasteiger partial charge is 0.362 e. The van der Waals surface area contributed by atoms with Crippen LogP contribution in [-0.2, 0) is 0 Å². The molecule has 1 heterocycles. The van der Waals surface area contributed by atoms with Crippen LogP contribution in [0.25, 0.3) is 11.0 Å². The molecule has 1 aromatic carbocycles. The van der Waals surface area contributed by atoms with Crippen LogP contribution in [0.1, 0.15) is 13.3 Å². The van der Waals surface area contributed by atoms with Gasteiger partial charge < -0.3 is 10.6 Å². The van der Waals surface area contributed by atoms with Gasteiger partial charge >= 0.3 is 0 Å².